The molecular formula is C19H22N6O3. The summed E-state index contributed by atoms with van der Waals surface area (Å²) in [5, 5.41) is 12.7. The van der Waals surface area contributed by atoms with E-state index in [1.165, 1.54) is 7.11 Å². The van der Waals surface area contributed by atoms with Crippen LogP contribution < -0.4 is 4.74 Å². The topological polar surface area (TPSA) is 98.2 Å². The lowest BCUT2D eigenvalue weighted by molar-refractivity contribution is 0.0347. The SMILES string of the molecule is COc1ccc(-n2nc(C(=O)N3CCC(OC)CC3)cc2-c2ccc[nH]2)nn1. The van der Waals surface area contributed by atoms with Gasteiger partial charge in [-0.2, -0.15) is 5.10 Å². The molecule has 0 radical (unpaired) electrons. The first kappa shape index (κ1) is 18.2. The van der Waals surface area contributed by atoms with Gasteiger partial charge in [0.05, 0.1) is 24.6 Å². The lowest BCUT2D eigenvalue weighted by Gasteiger charge is -2.30. The number of aromatic nitrogens is 5. The van der Waals surface area contributed by atoms with E-state index in [0.29, 0.717) is 30.5 Å². The molecule has 1 N–H and O–H groups in total. The number of aromatic amines is 1. The number of nitrogens with zero attached hydrogens (tertiary/aromatic N) is 5. The Kier molecular flexibility index (Phi) is 5.07. The number of hydrogen-bond donors (Lipinski definition) is 1. The van der Waals surface area contributed by atoms with Crippen molar-refractivity contribution in [2.45, 2.75) is 18.9 Å². The second kappa shape index (κ2) is 7.81. The largest absolute Gasteiger partial charge is 0.480 e. The predicted octanol–water partition coefficient (Wildman–Crippen LogP) is 1.92. The lowest BCUT2D eigenvalue weighted by Crippen LogP contribution is -2.40. The third kappa shape index (κ3) is 3.48. The molecule has 4 rings (SSSR count). The van der Waals surface area contributed by atoms with E-state index in [9.17, 15) is 4.79 Å². The Hall–Kier alpha value is -3.20. The van der Waals surface area contributed by atoms with Crippen LogP contribution in [-0.4, -0.2) is 69.2 Å². The Morgan fingerprint density at radius 3 is 2.61 bits per heavy atom. The third-order valence-electron chi connectivity index (χ3n) is 4.92. The molecule has 0 spiro atoms. The van der Waals surface area contributed by atoms with Crippen molar-refractivity contribution in [3.63, 3.8) is 0 Å². The third-order valence-corrected chi connectivity index (χ3v) is 4.92. The summed E-state index contributed by atoms with van der Waals surface area (Å²) >= 11 is 0. The second-order valence-electron chi connectivity index (χ2n) is 6.57. The molecular weight excluding hydrogens is 360 g/mol. The number of nitrogens with one attached hydrogen (secondary N) is 1. The summed E-state index contributed by atoms with van der Waals surface area (Å²) in [6, 6.07) is 9.05. The van der Waals surface area contributed by atoms with Gasteiger partial charge in [-0.3, -0.25) is 4.79 Å². The number of hydrogen-bond acceptors (Lipinski definition) is 6. The maximum atomic E-state index is 13.0. The Morgan fingerprint density at radius 1 is 1.18 bits per heavy atom. The van der Waals surface area contributed by atoms with E-state index in [-0.39, 0.29) is 12.0 Å². The normalized spacial score (nSPS) is 15.0. The maximum Gasteiger partial charge on any atom is 0.274 e. The highest BCUT2D eigenvalue weighted by Gasteiger charge is 2.26. The minimum atomic E-state index is -0.0948. The molecule has 0 aromatic carbocycles. The molecule has 4 heterocycles. The zero-order chi connectivity index (χ0) is 19.5. The maximum absolute atomic E-state index is 13.0. The Balaban J connectivity index is 1.66. The first-order valence-corrected chi connectivity index (χ1v) is 9.13. The minimum Gasteiger partial charge on any atom is -0.480 e. The van der Waals surface area contributed by atoms with Gasteiger partial charge in [0.25, 0.3) is 5.91 Å². The summed E-state index contributed by atoms with van der Waals surface area (Å²) < 4.78 is 12.1. The van der Waals surface area contributed by atoms with Crippen molar-refractivity contribution < 1.29 is 14.3 Å². The Bertz CT molecular complexity index is 927. The lowest BCUT2D eigenvalue weighted by atomic mass is 10.1. The molecule has 1 saturated heterocycles. The van der Waals surface area contributed by atoms with Crippen LogP contribution in [0.4, 0.5) is 0 Å². The van der Waals surface area contributed by atoms with Crippen LogP contribution in [0.25, 0.3) is 17.2 Å². The average Bonchev–Trinajstić information content (AvgIpc) is 3.43. The summed E-state index contributed by atoms with van der Waals surface area (Å²) in [6.45, 7) is 1.31. The van der Waals surface area contributed by atoms with Crippen LogP contribution in [0, 0.1) is 0 Å². The molecule has 1 amide bonds. The molecule has 3 aromatic heterocycles. The number of amides is 1. The fourth-order valence-electron chi connectivity index (χ4n) is 3.33. The van der Waals surface area contributed by atoms with Gasteiger partial charge in [-0.15, -0.1) is 10.2 Å². The number of likely N-dealkylation sites (tertiary alicyclic amines) is 1. The molecule has 9 heteroatoms. The van der Waals surface area contributed by atoms with Gasteiger partial charge in [0, 0.05) is 32.5 Å². The predicted molar refractivity (Wildman–Crippen MR) is 101 cm³/mol. The van der Waals surface area contributed by atoms with Crippen LogP contribution in [0.3, 0.4) is 0 Å². The van der Waals surface area contributed by atoms with E-state index in [0.717, 1.165) is 24.2 Å². The number of ether oxygens (including phenoxy) is 2. The molecule has 0 saturated carbocycles. The monoisotopic (exact) mass is 382 g/mol. The molecule has 0 bridgehead atoms. The molecule has 1 fully saturated rings. The molecule has 0 unspecified atom stereocenters. The number of carbonyl (C=O) groups excluding carboxylic acids is 1. The van der Waals surface area contributed by atoms with E-state index in [1.807, 2.05) is 23.2 Å². The van der Waals surface area contributed by atoms with Crippen molar-refractivity contribution in [3.8, 4) is 23.1 Å². The molecule has 3 aromatic rings. The minimum absolute atomic E-state index is 0.0948. The van der Waals surface area contributed by atoms with Crippen molar-refractivity contribution in [1.82, 2.24) is 29.9 Å². The molecule has 0 atom stereocenters. The fraction of sp³-hybridized carbons (Fsp3) is 0.368. The average molecular weight is 382 g/mol. The second-order valence-corrected chi connectivity index (χ2v) is 6.57. The van der Waals surface area contributed by atoms with Gasteiger partial charge in [0.1, 0.15) is 0 Å². The van der Waals surface area contributed by atoms with Gasteiger partial charge < -0.3 is 19.4 Å². The van der Waals surface area contributed by atoms with Gasteiger partial charge in [0.2, 0.25) is 5.88 Å². The summed E-state index contributed by atoms with van der Waals surface area (Å²) in [4.78, 5) is 18.0. The number of H-pyrrole nitrogens is 1. The standard InChI is InChI=1S/C19H22N6O3/c1-27-13-7-10-24(11-8-13)19(26)15-12-16(14-4-3-9-20-14)25(23-15)17-5-6-18(28-2)22-21-17/h3-6,9,12-13,20H,7-8,10-11H2,1-2H3. The number of methoxy groups -OCH3 is 2. The van der Waals surface area contributed by atoms with E-state index in [4.69, 9.17) is 9.47 Å². The molecule has 9 nitrogen and oxygen atoms in total. The number of carbonyl (C=O) groups is 1. The van der Waals surface area contributed by atoms with Crippen molar-refractivity contribution in [3.05, 3.63) is 42.2 Å². The van der Waals surface area contributed by atoms with Crippen molar-refractivity contribution in [2.24, 2.45) is 0 Å². The first-order valence-electron chi connectivity index (χ1n) is 9.13. The van der Waals surface area contributed by atoms with Gasteiger partial charge >= 0.3 is 0 Å². The molecule has 1 aliphatic rings. The fourth-order valence-corrected chi connectivity index (χ4v) is 3.33. The van der Waals surface area contributed by atoms with E-state index in [2.05, 4.69) is 20.3 Å². The van der Waals surface area contributed by atoms with Crippen molar-refractivity contribution >= 4 is 5.91 Å². The highest BCUT2D eigenvalue weighted by Crippen LogP contribution is 2.24. The van der Waals surface area contributed by atoms with E-state index < -0.39 is 0 Å². The smallest absolute Gasteiger partial charge is 0.274 e. The molecule has 0 aliphatic carbocycles. The first-order chi connectivity index (χ1) is 13.7. The molecule has 28 heavy (non-hydrogen) atoms. The van der Waals surface area contributed by atoms with Gasteiger partial charge in [0.15, 0.2) is 11.5 Å². The van der Waals surface area contributed by atoms with Gasteiger partial charge in [-0.05, 0) is 37.1 Å². The summed E-state index contributed by atoms with van der Waals surface area (Å²) in [7, 11) is 3.24. The quantitative estimate of drug-likeness (QED) is 0.724. The van der Waals surface area contributed by atoms with Gasteiger partial charge in [-0.25, -0.2) is 4.68 Å². The summed E-state index contributed by atoms with van der Waals surface area (Å²) in [6.07, 6.45) is 3.70. The van der Waals surface area contributed by atoms with Crippen LogP contribution in [0.2, 0.25) is 0 Å². The summed E-state index contributed by atoms with van der Waals surface area (Å²) in [5.74, 6) is 0.819. The van der Waals surface area contributed by atoms with Crippen molar-refractivity contribution in [2.75, 3.05) is 27.3 Å². The van der Waals surface area contributed by atoms with Crippen LogP contribution in [-0.2, 0) is 4.74 Å². The van der Waals surface area contributed by atoms with Crippen LogP contribution in [0.5, 0.6) is 5.88 Å². The van der Waals surface area contributed by atoms with E-state index in [1.54, 1.807) is 30.0 Å². The van der Waals surface area contributed by atoms with Crippen LogP contribution in [0.1, 0.15) is 23.3 Å². The Morgan fingerprint density at radius 2 is 2.00 bits per heavy atom. The summed E-state index contributed by atoms with van der Waals surface area (Å²) in [5.41, 5.74) is 1.94. The highest BCUT2D eigenvalue weighted by molar-refractivity contribution is 5.93. The Labute approximate surface area is 162 Å². The van der Waals surface area contributed by atoms with Crippen LogP contribution in [0.15, 0.2) is 36.5 Å². The number of piperidine rings is 1. The zero-order valence-corrected chi connectivity index (χ0v) is 15.8. The van der Waals surface area contributed by atoms with Crippen LogP contribution >= 0.6 is 0 Å². The van der Waals surface area contributed by atoms with Gasteiger partial charge in [-0.1, -0.05) is 0 Å². The molecule has 146 valence electrons. The zero-order valence-electron chi connectivity index (χ0n) is 15.8. The highest BCUT2D eigenvalue weighted by atomic mass is 16.5. The van der Waals surface area contributed by atoms with E-state index >= 15 is 0 Å². The van der Waals surface area contributed by atoms with Crippen molar-refractivity contribution in [1.29, 1.82) is 0 Å². The number of rotatable bonds is 5. The molecule has 1 aliphatic heterocycles.